The van der Waals surface area contributed by atoms with E-state index in [2.05, 4.69) is 26.1 Å². The van der Waals surface area contributed by atoms with E-state index in [0.717, 1.165) is 18.5 Å². The number of ether oxygens (including phenoxy) is 1. The van der Waals surface area contributed by atoms with Gasteiger partial charge in [0.2, 0.25) is 0 Å². The number of carbonyl (C=O) groups excluding carboxylic acids is 1. The van der Waals surface area contributed by atoms with Gasteiger partial charge in [-0.1, -0.05) is 38.4 Å². The summed E-state index contributed by atoms with van der Waals surface area (Å²) >= 11 is 5.91. The van der Waals surface area contributed by atoms with Gasteiger partial charge >= 0.3 is 5.97 Å². The smallest absolute Gasteiger partial charge is 0.325 e. The van der Waals surface area contributed by atoms with E-state index in [1.807, 2.05) is 12.1 Å². The number of hydrogen-bond acceptors (Lipinski definition) is 3. The number of nitrogens with one attached hydrogen (secondary N) is 1. The van der Waals surface area contributed by atoms with Crippen molar-refractivity contribution in [3.05, 3.63) is 29.3 Å². The van der Waals surface area contributed by atoms with Crippen LogP contribution >= 0.6 is 11.6 Å². The number of anilines is 1. The van der Waals surface area contributed by atoms with Crippen LogP contribution in [0.15, 0.2) is 24.3 Å². The predicted octanol–water partition coefficient (Wildman–Crippen LogP) is 4.51. The third-order valence-corrected chi connectivity index (χ3v) is 4.14. The molecule has 1 N–H and O–H groups in total. The molecule has 1 aromatic rings. The first kappa shape index (κ1) is 16.2. The molecule has 0 spiro atoms. The summed E-state index contributed by atoms with van der Waals surface area (Å²) in [5.41, 5.74) is 1.08. The van der Waals surface area contributed by atoms with E-state index in [4.69, 9.17) is 16.3 Å². The summed E-state index contributed by atoms with van der Waals surface area (Å²) in [6.07, 6.45) is 3.14. The summed E-state index contributed by atoms with van der Waals surface area (Å²) in [6.45, 7) is 6.89. The van der Waals surface area contributed by atoms with Crippen LogP contribution < -0.4 is 5.32 Å². The first-order valence-corrected chi connectivity index (χ1v) is 7.91. The Bertz CT molecular complexity index is 501. The fraction of sp³-hybridized carbons (Fsp3) is 0.588. The van der Waals surface area contributed by atoms with Crippen LogP contribution in [-0.2, 0) is 9.53 Å². The Morgan fingerprint density at radius 1 is 1.43 bits per heavy atom. The fourth-order valence-corrected chi connectivity index (χ4v) is 3.54. The Morgan fingerprint density at radius 3 is 2.86 bits per heavy atom. The molecule has 1 saturated carbocycles. The molecule has 0 radical (unpaired) electrons. The number of hydrogen-bond donors (Lipinski definition) is 1. The SMILES string of the molecule is CC1CC(OC(=O)CNc2cccc(Cl)c2)CC(C)(C)C1. The molecular formula is C17H24ClNO2. The molecule has 2 unspecified atom stereocenters. The van der Waals surface area contributed by atoms with Crippen molar-refractivity contribution in [1.29, 1.82) is 0 Å². The average molecular weight is 310 g/mol. The highest BCUT2D eigenvalue weighted by atomic mass is 35.5. The Kier molecular flexibility index (Phi) is 5.15. The van der Waals surface area contributed by atoms with Crippen molar-refractivity contribution in [2.24, 2.45) is 11.3 Å². The Labute approximate surface area is 132 Å². The largest absolute Gasteiger partial charge is 0.461 e. The van der Waals surface area contributed by atoms with Gasteiger partial charge in [0.05, 0.1) is 0 Å². The zero-order valence-corrected chi connectivity index (χ0v) is 13.7. The van der Waals surface area contributed by atoms with E-state index in [0.29, 0.717) is 10.9 Å². The number of benzene rings is 1. The zero-order chi connectivity index (χ0) is 15.5. The molecular weight excluding hydrogens is 286 g/mol. The molecule has 1 aliphatic carbocycles. The number of halogens is 1. The molecule has 0 amide bonds. The first-order valence-electron chi connectivity index (χ1n) is 7.53. The van der Waals surface area contributed by atoms with Crippen LogP contribution in [0.1, 0.15) is 40.0 Å². The molecule has 1 aliphatic rings. The third kappa shape index (κ3) is 5.24. The number of rotatable bonds is 4. The fourth-order valence-electron chi connectivity index (χ4n) is 3.35. The normalized spacial score (nSPS) is 24.4. The maximum Gasteiger partial charge on any atom is 0.325 e. The Balaban J connectivity index is 1.82. The monoisotopic (exact) mass is 309 g/mol. The van der Waals surface area contributed by atoms with Crippen molar-refractivity contribution in [1.82, 2.24) is 0 Å². The minimum atomic E-state index is -0.204. The van der Waals surface area contributed by atoms with Gasteiger partial charge in [0.25, 0.3) is 0 Å². The van der Waals surface area contributed by atoms with Gasteiger partial charge < -0.3 is 10.1 Å². The molecule has 4 heteroatoms. The lowest BCUT2D eigenvalue weighted by molar-refractivity contribution is -0.151. The van der Waals surface area contributed by atoms with Crippen LogP contribution in [-0.4, -0.2) is 18.6 Å². The van der Waals surface area contributed by atoms with Gasteiger partial charge in [-0.15, -0.1) is 0 Å². The van der Waals surface area contributed by atoms with Gasteiger partial charge in [0, 0.05) is 10.7 Å². The van der Waals surface area contributed by atoms with Gasteiger partial charge in [0.1, 0.15) is 12.6 Å². The highest BCUT2D eigenvalue weighted by Gasteiger charge is 2.33. The minimum Gasteiger partial charge on any atom is -0.461 e. The molecule has 0 heterocycles. The second-order valence-corrected chi connectivity index (χ2v) is 7.33. The Hall–Kier alpha value is -1.22. The standard InChI is InChI=1S/C17H24ClNO2/c1-12-7-15(10-17(2,3)9-12)21-16(20)11-19-14-6-4-5-13(18)8-14/h4-6,8,12,15,19H,7,9-11H2,1-3H3. The average Bonchev–Trinajstić information content (AvgIpc) is 2.34. The maximum atomic E-state index is 12.0. The molecule has 1 aromatic carbocycles. The summed E-state index contributed by atoms with van der Waals surface area (Å²) in [6, 6.07) is 7.32. The molecule has 0 bridgehead atoms. The molecule has 0 aromatic heterocycles. The van der Waals surface area contributed by atoms with Gasteiger partial charge in [-0.2, -0.15) is 0 Å². The highest BCUT2D eigenvalue weighted by Crippen LogP contribution is 2.39. The van der Waals surface area contributed by atoms with Crippen LogP contribution in [0.2, 0.25) is 5.02 Å². The minimum absolute atomic E-state index is 0.0393. The van der Waals surface area contributed by atoms with Crippen LogP contribution in [0, 0.1) is 11.3 Å². The van der Waals surface area contributed by atoms with Crippen LogP contribution in [0.5, 0.6) is 0 Å². The van der Waals surface area contributed by atoms with E-state index >= 15 is 0 Å². The van der Waals surface area contributed by atoms with E-state index in [1.165, 1.54) is 6.42 Å². The molecule has 2 rings (SSSR count). The second-order valence-electron chi connectivity index (χ2n) is 6.89. The van der Waals surface area contributed by atoms with Gasteiger partial charge in [-0.05, 0) is 48.8 Å². The zero-order valence-electron chi connectivity index (χ0n) is 13.0. The van der Waals surface area contributed by atoms with Crippen molar-refractivity contribution in [3.63, 3.8) is 0 Å². The summed E-state index contributed by atoms with van der Waals surface area (Å²) in [7, 11) is 0. The maximum absolute atomic E-state index is 12.0. The predicted molar refractivity (Wildman–Crippen MR) is 86.6 cm³/mol. The van der Waals surface area contributed by atoms with Crippen molar-refractivity contribution in [2.45, 2.75) is 46.1 Å². The van der Waals surface area contributed by atoms with Crippen molar-refractivity contribution in [3.8, 4) is 0 Å². The number of esters is 1. The lowest BCUT2D eigenvalue weighted by Gasteiger charge is -2.38. The summed E-state index contributed by atoms with van der Waals surface area (Å²) in [5.74, 6) is 0.400. The van der Waals surface area contributed by atoms with Crippen molar-refractivity contribution >= 4 is 23.3 Å². The van der Waals surface area contributed by atoms with Gasteiger partial charge in [0.15, 0.2) is 0 Å². The highest BCUT2D eigenvalue weighted by molar-refractivity contribution is 6.30. The van der Waals surface area contributed by atoms with Gasteiger partial charge in [-0.3, -0.25) is 4.79 Å². The second kappa shape index (κ2) is 6.69. The quantitative estimate of drug-likeness (QED) is 0.832. The van der Waals surface area contributed by atoms with E-state index in [-0.39, 0.29) is 24.0 Å². The molecule has 2 atom stereocenters. The molecule has 0 saturated heterocycles. The molecule has 3 nitrogen and oxygen atoms in total. The molecule has 1 fully saturated rings. The molecule has 21 heavy (non-hydrogen) atoms. The molecule has 0 aliphatic heterocycles. The van der Waals surface area contributed by atoms with E-state index in [9.17, 15) is 4.79 Å². The topological polar surface area (TPSA) is 38.3 Å². The van der Waals surface area contributed by atoms with Crippen LogP contribution in [0.25, 0.3) is 0 Å². The van der Waals surface area contributed by atoms with E-state index < -0.39 is 0 Å². The molecule has 116 valence electrons. The van der Waals surface area contributed by atoms with Gasteiger partial charge in [-0.25, -0.2) is 0 Å². The van der Waals surface area contributed by atoms with Crippen LogP contribution in [0.4, 0.5) is 5.69 Å². The first-order chi connectivity index (χ1) is 9.84. The number of carbonyl (C=O) groups is 1. The summed E-state index contributed by atoms with van der Waals surface area (Å²) < 4.78 is 5.61. The Morgan fingerprint density at radius 2 is 2.19 bits per heavy atom. The lowest BCUT2D eigenvalue weighted by Crippen LogP contribution is -2.35. The van der Waals surface area contributed by atoms with Crippen molar-refractivity contribution < 1.29 is 9.53 Å². The summed E-state index contributed by atoms with van der Waals surface area (Å²) in [4.78, 5) is 12.0. The third-order valence-electron chi connectivity index (χ3n) is 3.91. The summed E-state index contributed by atoms with van der Waals surface area (Å²) in [5, 5.41) is 3.70. The lowest BCUT2D eigenvalue weighted by atomic mass is 9.71. The van der Waals surface area contributed by atoms with Crippen molar-refractivity contribution in [2.75, 3.05) is 11.9 Å². The van der Waals surface area contributed by atoms with Crippen LogP contribution in [0.3, 0.4) is 0 Å². The van der Waals surface area contributed by atoms with E-state index in [1.54, 1.807) is 12.1 Å².